The summed E-state index contributed by atoms with van der Waals surface area (Å²) in [6.45, 7) is 4.01. The molecule has 0 fully saturated rings. The van der Waals surface area contributed by atoms with Gasteiger partial charge in [-0.2, -0.15) is 5.10 Å². The van der Waals surface area contributed by atoms with Crippen molar-refractivity contribution in [3.05, 3.63) is 72.3 Å². The molecule has 118 valence electrons. The molecule has 0 aliphatic heterocycles. The second kappa shape index (κ2) is 8.38. The third-order valence-corrected chi connectivity index (χ3v) is 2.98. The molecule has 0 aromatic heterocycles. The Morgan fingerprint density at radius 2 is 1.78 bits per heavy atom. The number of carbonyl (C=O) groups excluding carboxylic acids is 1. The van der Waals surface area contributed by atoms with E-state index in [1.807, 2.05) is 24.3 Å². The van der Waals surface area contributed by atoms with E-state index in [4.69, 9.17) is 9.47 Å². The van der Waals surface area contributed by atoms with Gasteiger partial charge in [-0.25, -0.2) is 5.43 Å². The fourth-order valence-electron chi connectivity index (χ4n) is 1.78. The van der Waals surface area contributed by atoms with E-state index < -0.39 is 0 Å². The van der Waals surface area contributed by atoms with Gasteiger partial charge in [0.1, 0.15) is 18.1 Å². The first-order chi connectivity index (χ1) is 11.2. The lowest BCUT2D eigenvalue weighted by Crippen LogP contribution is -2.17. The van der Waals surface area contributed by atoms with E-state index in [9.17, 15) is 4.79 Å². The first-order valence-electron chi connectivity index (χ1n) is 7.04. The van der Waals surface area contributed by atoms with Gasteiger partial charge in [0.05, 0.1) is 13.3 Å². The normalized spacial score (nSPS) is 10.3. The summed E-state index contributed by atoms with van der Waals surface area (Å²) >= 11 is 0. The number of hydrogen-bond acceptors (Lipinski definition) is 4. The zero-order valence-corrected chi connectivity index (χ0v) is 12.9. The van der Waals surface area contributed by atoms with E-state index in [1.54, 1.807) is 43.7 Å². The molecule has 1 N–H and O–H groups in total. The highest BCUT2D eigenvalue weighted by Gasteiger charge is 2.04. The summed E-state index contributed by atoms with van der Waals surface area (Å²) in [5.41, 5.74) is 3.84. The molecule has 0 unspecified atom stereocenters. The number of rotatable bonds is 7. The highest BCUT2D eigenvalue weighted by Crippen LogP contribution is 2.12. The van der Waals surface area contributed by atoms with Gasteiger partial charge in [-0.3, -0.25) is 4.79 Å². The van der Waals surface area contributed by atoms with Crippen LogP contribution in [0.2, 0.25) is 0 Å². The quantitative estimate of drug-likeness (QED) is 0.486. The largest absolute Gasteiger partial charge is 0.497 e. The van der Waals surface area contributed by atoms with Crippen LogP contribution >= 0.6 is 0 Å². The van der Waals surface area contributed by atoms with E-state index in [1.165, 1.54) is 0 Å². The van der Waals surface area contributed by atoms with E-state index in [-0.39, 0.29) is 5.91 Å². The van der Waals surface area contributed by atoms with Gasteiger partial charge in [0, 0.05) is 5.56 Å². The van der Waals surface area contributed by atoms with Crippen molar-refractivity contribution in [1.82, 2.24) is 5.43 Å². The maximum Gasteiger partial charge on any atom is 0.271 e. The van der Waals surface area contributed by atoms with Gasteiger partial charge in [0.15, 0.2) is 0 Å². The fraction of sp³-hybridized carbons (Fsp3) is 0.111. The van der Waals surface area contributed by atoms with E-state index in [0.717, 1.165) is 11.3 Å². The number of benzene rings is 2. The summed E-state index contributed by atoms with van der Waals surface area (Å²) in [5.74, 6) is 1.16. The maximum absolute atomic E-state index is 12.0. The molecule has 0 radical (unpaired) electrons. The van der Waals surface area contributed by atoms with E-state index >= 15 is 0 Å². The van der Waals surface area contributed by atoms with Crippen molar-refractivity contribution < 1.29 is 14.3 Å². The Morgan fingerprint density at radius 1 is 1.13 bits per heavy atom. The first kappa shape index (κ1) is 16.3. The summed E-state index contributed by atoms with van der Waals surface area (Å²) in [5, 5.41) is 3.94. The van der Waals surface area contributed by atoms with Crippen molar-refractivity contribution in [3.63, 3.8) is 0 Å². The number of nitrogens with one attached hydrogen (secondary N) is 1. The van der Waals surface area contributed by atoms with Gasteiger partial charge in [-0.05, 0) is 54.1 Å². The zero-order valence-electron chi connectivity index (χ0n) is 12.9. The molecule has 0 aliphatic carbocycles. The molecule has 0 saturated heterocycles. The molecule has 0 bridgehead atoms. The number of carbonyl (C=O) groups is 1. The minimum Gasteiger partial charge on any atom is -0.497 e. The van der Waals surface area contributed by atoms with Crippen LogP contribution in [-0.4, -0.2) is 25.8 Å². The molecule has 5 nitrogen and oxygen atoms in total. The van der Waals surface area contributed by atoms with Gasteiger partial charge >= 0.3 is 0 Å². The number of nitrogens with zero attached hydrogens (tertiary/aromatic N) is 1. The Labute approximate surface area is 135 Å². The van der Waals surface area contributed by atoms with Crippen LogP contribution in [-0.2, 0) is 0 Å². The molecule has 2 aromatic carbocycles. The Balaban J connectivity index is 1.90. The molecule has 2 aromatic rings. The van der Waals surface area contributed by atoms with Crippen molar-refractivity contribution in [2.45, 2.75) is 0 Å². The van der Waals surface area contributed by atoms with Gasteiger partial charge in [0.2, 0.25) is 0 Å². The fourth-order valence-corrected chi connectivity index (χ4v) is 1.78. The van der Waals surface area contributed by atoms with Gasteiger partial charge in [-0.1, -0.05) is 12.7 Å². The van der Waals surface area contributed by atoms with Gasteiger partial charge in [0.25, 0.3) is 5.91 Å². The monoisotopic (exact) mass is 310 g/mol. The predicted octanol–water partition coefficient (Wildman–Crippen LogP) is 3.02. The summed E-state index contributed by atoms with van der Waals surface area (Å²) in [4.78, 5) is 12.0. The van der Waals surface area contributed by atoms with Crippen LogP contribution in [0.3, 0.4) is 0 Å². The van der Waals surface area contributed by atoms with E-state index in [0.29, 0.717) is 17.9 Å². The number of ether oxygens (including phenoxy) is 2. The van der Waals surface area contributed by atoms with Crippen molar-refractivity contribution in [2.75, 3.05) is 13.7 Å². The Bertz CT molecular complexity index is 676. The van der Waals surface area contributed by atoms with Crippen LogP contribution in [0.1, 0.15) is 15.9 Å². The zero-order chi connectivity index (χ0) is 16.5. The summed E-state index contributed by atoms with van der Waals surface area (Å²) in [6.07, 6.45) is 3.23. The number of hydrogen-bond donors (Lipinski definition) is 1. The van der Waals surface area contributed by atoms with Crippen molar-refractivity contribution >= 4 is 12.1 Å². The third-order valence-electron chi connectivity index (χ3n) is 2.98. The van der Waals surface area contributed by atoms with Crippen LogP contribution in [0.15, 0.2) is 66.3 Å². The Kier molecular flexibility index (Phi) is 5.94. The van der Waals surface area contributed by atoms with Crippen LogP contribution in [0.4, 0.5) is 0 Å². The summed E-state index contributed by atoms with van der Waals surface area (Å²) < 4.78 is 10.4. The van der Waals surface area contributed by atoms with E-state index in [2.05, 4.69) is 17.1 Å². The number of hydrazone groups is 1. The molecule has 0 aliphatic rings. The van der Waals surface area contributed by atoms with Crippen LogP contribution in [0, 0.1) is 0 Å². The average Bonchev–Trinajstić information content (AvgIpc) is 2.61. The summed E-state index contributed by atoms with van der Waals surface area (Å²) in [6, 6.07) is 14.2. The minimum absolute atomic E-state index is 0.287. The smallest absolute Gasteiger partial charge is 0.271 e. The lowest BCUT2D eigenvalue weighted by Gasteiger charge is -2.04. The Hall–Kier alpha value is -3.08. The second-order valence-corrected chi connectivity index (χ2v) is 4.60. The van der Waals surface area contributed by atoms with Crippen molar-refractivity contribution in [1.29, 1.82) is 0 Å². The number of amides is 1. The number of methoxy groups -OCH3 is 1. The summed E-state index contributed by atoms with van der Waals surface area (Å²) in [7, 11) is 1.61. The molecule has 0 atom stereocenters. The highest BCUT2D eigenvalue weighted by atomic mass is 16.5. The highest BCUT2D eigenvalue weighted by molar-refractivity contribution is 5.95. The molecule has 1 amide bonds. The average molecular weight is 310 g/mol. The SMILES string of the molecule is C=CCOc1ccc(C(=O)N/N=C/c2ccc(OC)cc2)cc1. The first-order valence-corrected chi connectivity index (χ1v) is 7.04. The second-order valence-electron chi connectivity index (χ2n) is 4.60. The molecule has 23 heavy (non-hydrogen) atoms. The predicted molar refractivity (Wildman–Crippen MR) is 90.2 cm³/mol. The van der Waals surface area contributed by atoms with Crippen LogP contribution < -0.4 is 14.9 Å². The third kappa shape index (κ3) is 5.00. The van der Waals surface area contributed by atoms with Crippen LogP contribution in [0.5, 0.6) is 11.5 Å². The van der Waals surface area contributed by atoms with Crippen molar-refractivity contribution in [3.8, 4) is 11.5 Å². The van der Waals surface area contributed by atoms with Gasteiger partial charge < -0.3 is 9.47 Å². The van der Waals surface area contributed by atoms with Crippen molar-refractivity contribution in [2.24, 2.45) is 5.10 Å². The molecule has 5 heteroatoms. The molecular weight excluding hydrogens is 292 g/mol. The maximum atomic E-state index is 12.0. The van der Waals surface area contributed by atoms with Gasteiger partial charge in [-0.15, -0.1) is 0 Å². The molecule has 0 saturated carbocycles. The standard InChI is InChI=1S/C18H18N2O3/c1-3-12-23-17-10-6-15(7-11-17)18(21)20-19-13-14-4-8-16(22-2)9-5-14/h3-11,13H,1,12H2,2H3,(H,20,21)/b19-13+. The topological polar surface area (TPSA) is 59.9 Å². The molecular formula is C18H18N2O3. The van der Waals surface area contributed by atoms with Crippen LogP contribution in [0.25, 0.3) is 0 Å². The molecule has 0 heterocycles. The minimum atomic E-state index is -0.287. The lowest BCUT2D eigenvalue weighted by atomic mass is 10.2. The lowest BCUT2D eigenvalue weighted by molar-refractivity contribution is 0.0955. The molecule has 0 spiro atoms. The Morgan fingerprint density at radius 3 is 2.39 bits per heavy atom. The molecule has 2 rings (SSSR count).